The number of hydrogen-bond donors (Lipinski definition) is 3. The molecule has 0 saturated carbocycles. The van der Waals surface area contributed by atoms with E-state index in [-0.39, 0.29) is 18.9 Å². The minimum absolute atomic E-state index is 0.241. The molecule has 0 aliphatic carbocycles. The van der Waals surface area contributed by atoms with Crippen molar-refractivity contribution in [2.24, 2.45) is 0 Å². The highest BCUT2D eigenvalue weighted by Crippen LogP contribution is 2.22. The highest BCUT2D eigenvalue weighted by molar-refractivity contribution is 7.17. The third kappa shape index (κ3) is 4.54. The van der Waals surface area contributed by atoms with E-state index < -0.39 is 12.1 Å². The van der Waals surface area contributed by atoms with Crippen molar-refractivity contribution in [2.75, 3.05) is 6.61 Å². The average molecular weight is 326 g/mol. The lowest BCUT2D eigenvalue weighted by atomic mass is 10.0. The second kappa shape index (κ2) is 7.56. The van der Waals surface area contributed by atoms with Crippen molar-refractivity contribution in [3.05, 3.63) is 57.2 Å². The Morgan fingerprint density at radius 3 is 2.52 bits per heavy atom. The summed E-state index contributed by atoms with van der Waals surface area (Å²) in [7, 11) is 0. The van der Waals surface area contributed by atoms with Crippen LogP contribution in [0.5, 0.6) is 0 Å². The van der Waals surface area contributed by atoms with Crippen molar-refractivity contribution in [2.45, 2.75) is 18.6 Å². The molecule has 0 unspecified atom stereocenters. The molecule has 0 saturated heterocycles. The summed E-state index contributed by atoms with van der Waals surface area (Å²) in [5.41, 5.74) is 0.754. The maximum atomic E-state index is 12.0. The first kappa shape index (κ1) is 16.0. The highest BCUT2D eigenvalue weighted by Gasteiger charge is 2.19. The predicted octanol–water partition coefficient (Wildman–Crippen LogP) is 2.62. The maximum absolute atomic E-state index is 12.0. The van der Waals surface area contributed by atoms with E-state index in [1.165, 1.54) is 11.3 Å². The second-order valence-electron chi connectivity index (χ2n) is 4.62. The molecule has 2 rings (SSSR count). The summed E-state index contributed by atoms with van der Waals surface area (Å²) in [5.74, 6) is -0.300. The molecule has 0 spiro atoms. The van der Waals surface area contributed by atoms with Gasteiger partial charge < -0.3 is 15.5 Å². The van der Waals surface area contributed by atoms with Crippen LogP contribution < -0.4 is 5.32 Å². The van der Waals surface area contributed by atoms with E-state index in [1.54, 1.807) is 24.3 Å². The standard InChI is InChI=1S/C15H16ClNO3S/c16-14-7-6-13(21-14)15(20)17-11(9-18)8-12(19)10-4-2-1-3-5-10/h1-7,11-12,18-19H,8-9H2,(H,17,20)/t11-,12-/m0/s1. The molecular weight excluding hydrogens is 310 g/mol. The topological polar surface area (TPSA) is 69.6 Å². The van der Waals surface area contributed by atoms with Crippen molar-refractivity contribution in [1.29, 1.82) is 0 Å². The molecule has 1 heterocycles. The summed E-state index contributed by atoms with van der Waals surface area (Å²) in [5, 5.41) is 22.2. The summed E-state index contributed by atoms with van der Waals surface area (Å²) in [4.78, 5) is 12.5. The average Bonchev–Trinajstić information content (AvgIpc) is 2.94. The number of aliphatic hydroxyl groups is 2. The molecule has 2 atom stereocenters. The van der Waals surface area contributed by atoms with Gasteiger partial charge in [-0.15, -0.1) is 11.3 Å². The number of halogens is 1. The summed E-state index contributed by atoms with van der Waals surface area (Å²) >= 11 is 6.96. The molecular formula is C15H16ClNO3S. The van der Waals surface area contributed by atoms with Crippen LogP contribution in [0, 0.1) is 0 Å². The quantitative estimate of drug-likeness (QED) is 0.764. The Bertz CT molecular complexity index is 588. The van der Waals surface area contributed by atoms with Gasteiger partial charge in [-0.25, -0.2) is 0 Å². The van der Waals surface area contributed by atoms with Crippen molar-refractivity contribution in [1.82, 2.24) is 5.32 Å². The Morgan fingerprint density at radius 1 is 1.24 bits per heavy atom. The van der Waals surface area contributed by atoms with Gasteiger partial charge in [-0.3, -0.25) is 4.79 Å². The maximum Gasteiger partial charge on any atom is 0.261 e. The molecule has 21 heavy (non-hydrogen) atoms. The van der Waals surface area contributed by atoms with Gasteiger partial charge in [-0.1, -0.05) is 41.9 Å². The van der Waals surface area contributed by atoms with Gasteiger partial charge in [-0.05, 0) is 24.1 Å². The molecule has 4 nitrogen and oxygen atoms in total. The molecule has 0 radical (unpaired) electrons. The minimum Gasteiger partial charge on any atom is -0.394 e. The smallest absolute Gasteiger partial charge is 0.261 e. The van der Waals surface area contributed by atoms with Crippen LogP contribution in [-0.4, -0.2) is 28.8 Å². The third-order valence-corrected chi connectivity index (χ3v) is 4.27. The summed E-state index contributed by atoms with van der Waals surface area (Å²) < 4.78 is 0.532. The van der Waals surface area contributed by atoms with E-state index in [2.05, 4.69) is 5.32 Å². The van der Waals surface area contributed by atoms with E-state index in [4.69, 9.17) is 11.6 Å². The first-order chi connectivity index (χ1) is 10.1. The van der Waals surface area contributed by atoms with Gasteiger partial charge in [0, 0.05) is 0 Å². The third-order valence-electron chi connectivity index (χ3n) is 3.04. The number of carbonyl (C=O) groups excluding carboxylic acids is 1. The van der Waals surface area contributed by atoms with E-state index in [0.29, 0.717) is 9.21 Å². The molecule has 1 aromatic carbocycles. The molecule has 0 fully saturated rings. The summed E-state index contributed by atoms with van der Waals surface area (Å²) in [6.07, 6.45) is -0.499. The highest BCUT2D eigenvalue weighted by atomic mass is 35.5. The normalized spacial score (nSPS) is 13.7. The SMILES string of the molecule is O=C(N[C@H](CO)C[C@H](O)c1ccccc1)c1ccc(Cl)s1. The Labute approximate surface area is 132 Å². The molecule has 112 valence electrons. The Morgan fingerprint density at radius 2 is 1.95 bits per heavy atom. The van der Waals surface area contributed by atoms with Crippen LogP contribution in [0.15, 0.2) is 42.5 Å². The van der Waals surface area contributed by atoms with Crippen LogP contribution >= 0.6 is 22.9 Å². The number of nitrogens with one attached hydrogen (secondary N) is 1. The lowest BCUT2D eigenvalue weighted by molar-refractivity contribution is 0.0869. The monoisotopic (exact) mass is 325 g/mol. The predicted molar refractivity (Wildman–Crippen MR) is 83.7 cm³/mol. The molecule has 6 heteroatoms. The largest absolute Gasteiger partial charge is 0.394 e. The van der Waals surface area contributed by atoms with Gasteiger partial charge in [0.05, 0.1) is 28.0 Å². The Kier molecular flexibility index (Phi) is 5.76. The van der Waals surface area contributed by atoms with E-state index in [1.807, 2.05) is 18.2 Å². The number of benzene rings is 1. The first-order valence-electron chi connectivity index (χ1n) is 6.50. The summed E-state index contributed by atoms with van der Waals surface area (Å²) in [6, 6.07) is 11.9. The van der Waals surface area contributed by atoms with Gasteiger partial charge in [0.25, 0.3) is 5.91 Å². The van der Waals surface area contributed by atoms with Gasteiger partial charge >= 0.3 is 0 Å². The lowest BCUT2D eigenvalue weighted by Crippen LogP contribution is -2.38. The zero-order chi connectivity index (χ0) is 15.2. The summed E-state index contributed by atoms with van der Waals surface area (Å²) in [6.45, 7) is -0.241. The van der Waals surface area contributed by atoms with Crippen molar-refractivity contribution in [3.63, 3.8) is 0 Å². The zero-order valence-electron chi connectivity index (χ0n) is 11.2. The molecule has 0 bridgehead atoms. The van der Waals surface area contributed by atoms with Crippen LogP contribution in [0.3, 0.4) is 0 Å². The van der Waals surface area contributed by atoms with Crippen LogP contribution in [0.2, 0.25) is 4.34 Å². The van der Waals surface area contributed by atoms with Gasteiger partial charge in [0.15, 0.2) is 0 Å². The van der Waals surface area contributed by atoms with Crippen molar-refractivity contribution in [3.8, 4) is 0 Å². The molecule has 1 aromatic heterocycles. The van der Waals surface area contributed by atoms with Crippen LogP contribution in [0.1, 0.15) is 27.8 Å². The van der Waals surface area contributed by atoms with Gasteiger partial charge in [0.2, 0.25) is 0 Å². The first-order valence-corrected chi connectivity index (χ1v) is 7.69. The number of aliphatic hydroxyl groups excluding tert-OH is 2. The number of carbonyl (C=O) groups is 1. The van der Waals surface area contributed by atoms with Crippen molar-refractivity contribution < 1.29 is 15.0 Å². The minimum atomic E-state index is -0.740. The fourth-order valence-corrected chi connectivity index (χ4v) is 2.90. The lowest BCUT2D eigenvalue weighted by Gasteiger charge is -2.19. The van der Waals surface area contributed by atoms with E-state index >= 15 is 0 Å². The van der Waals surface area contributed by atoms with E-state index in [0.717, 1.165) is 5.56 Å². The van der Waals surface area contributed by atoms with Crippen LogP contribution in [-0.2, 0) is 0 Å². The molecule has 1 amide bonds. The number of thiophene rings is 1. The number of hydrogen-bond acceptors (Lipinski definition) is 4. The molecule has 0 aliphatic rings. The number of amides is 1. The van der Waals surface area contributed by atoms with Crippen molar-refractivity contribution >= 4 is 28.8 Å². The van der Waals surface area contributed by atoms with Gasteiger partial charge in [-0.2, -0.15) is 0 Å². The van der Waals surface area contributed by atoms with E-state index in [9.17, 15) is 15.0 Å². The molecule has 3 N–H and O–H groups in total. The molecule has 2 aromatic rings. The fourth-order valence-electron chi connectivity index (χ4n) is 1.95. The second-order valence-corrected chi connectivity index (χ2v) is 6.33. The fraction of sp³-hybridized carbons (Fsp3) is 0.267. The zero-order valence-corrected chi connectivity index (χ0v) is 12.8. The Balaban J connectivity index is 1.95. The Hall–Kier alpha value is -1.40. The van der Waals surface area contributed by atoms with Crippen LogP contribution in [0.4, 0.5) is 0 Å². The van der Waals surface area contributed by atoms with Gasteiger partial charge in [0.1, 0.15) is 0 Å². The number of rotatable bonds is 6. The van der Waals surface area contributed by atoms with Crippen LogP contribution in [0.25, 0.3) is 0 Å². The molecule has 0 aliphatic heterocycles.